The van der Waals surface area contributed by atoms with E-state index >= 15 is 0 Å². The van der Waals surface area contributed by atoms with Gasteiger partial charge < -0.3 is 14.5 Å². The van der Waals surface area contributed by atoms with Crippen LogP contribution in [0.2, 0.25) is 0 Å². The second kappa shape index (κ2) is 7.29. The molecular weight excluding hydrogens is 406 g/mol. The maximum Gasteiger partial charge on any atom is 0.300 e. The molecule has 1 unspecified atom stereocenters. The Morgan fingerprint density at radius 2 is 1.84 bits per heavy atom. The lowest BCUT2D eigenvalue weighted by Gasteiger charge is -2.23. The van der Waals surface area contributed by atoms with Crippen LogP contribution in [0.25, 0.3) is 16.7 Å². The van der Waals surface area contributed by atoms with Crippen molar-refractivity contribution in [2.75, 3.05) is 4.90 Å². The fourth-order valence-electron chi connectivity index (χ4n) is 4.08. The van der Waals surface area contributed by atoms with Gasteiger partial charge in [0.25, 0.3) is 11.7 Å². The zero-order valence-corrected chi connectivity index (χ0v) is 17.0. The molecule has 0 aliphatic carbocycles. The van der Waals surface area contributed by atoms with Gasteiger partial charge in [0, 0.05) is 28.4 Å². The summed E-state index contributed by atoms with van der Waals surface area (Å²) in [6.45, 7) is 1.76. The average Bonchev–Trinajstić information content (AvgIpc) is 3.50. The lowest BCUT2D eigenvalue weighted by atomic mass is 9.99. The number of aryl methyl sites for hydroxylation is 1. The Hall–Kier alpha value is -4.57. The van der Waals surface area contributed by atoms with E-state index < -0.39 is 17.7 Å². The Kier molecular flexibility index (Phi) is 4.42. The van der Waals surface area contributed by atoms with Crippen molar-refractivity contribution in [3.63, 3.8) is 0 Å². The summed E-state index contributed by atoms with van der Waals surface area (Å²) in [5.74, 6) is -0.910. The van der Waals surface area contributed by atoms with E-state index in [9.17, 15) is 14.7 Å². The van der Waals surface area contributed by atoms with E-state index in [1.807, 2.05) is 30.3 Å². The van der Waals surface area contributed by atoms with E-state index in [4.69, 9.17) is 9.68 Å². The number of carbonyl (C=O) groups excluding carboxylic acids is 2. The van der Waals surface area contributed by atoms with Crippen LogP contribution in [0.15, 0.2) is 76.9 Å². The molecule has 2 aromatic carbocycles. The zero-order chi connectivity index (χ0) is 22.4. The monoisotopic (exact) mass is 423 g/mol. The second-order valence-corrected chi connectivity index (χ2v) is 7.52. The highest BCUT2D eigenvalue weighted by Crippen LogP contribution is 2.43. The molecule has 1 saturated heterocycles. The number of carbonyl (C=O) groups is 2. The maximum absolute atomic E-state index is 13.2. The summed E-state index contributed by atoms with van der Waals surface area (Å²) >= 11 is 0. The number of aliphatic hydroxyl groups excluding tert-OH is 1. The number of para-hydroxylation sites is 1. The van der Waals surface area contributed by atoms with Crippen LogP contribution >= 0.6 is 0 Å². The minimum atomic E-state index is -0.953. The van der Waals surface area contributed by atoms with Crippen LogP contribution < -0.4 is 4.90 Å². The number of hydrogen-bond acceptors (Lipinski definition) is 5. The van der Waals surface area contributed by atoms with E-state index in [-0.39, 0.29) is 11.3 Å². The molecule has 3 heterocycles. The van der Waals surface area contributed by atoms with Crippen molar-refractivity contribution in [3.8, 4) is 6.07 Å². The highest BCUT2D eigenvalue weighted by atomic mass is 16.3. The molecule has 7 heteroatoms. The Morgan fingerprint density at radius 1 is 1.09 bits per heavy atom. The summed E-state index contributed by atoms with van der Waals surface area (Å²) in [4.78, 5) is 30.6. The number of aromatic amines is 1. The van der Waals surface area contributed by atoms with Crippen molar-refractivity contribution < 1.29 is 19.1 Å². The predicted molar refractivity (Wildman–Crippen MR) is 118 cm³/mol. The fraction of sp³-hybridized carbons (Fsp3) is 0.0800. The number of benzene rings is 2. The van der Waals surface area contributed by atoms with Crippen LogP contribution in [0, 0.1) is 18.3 Å². The summed E-state index contributed by atoms with van der Waals surface area (Å²) in [6, 6.07) is 18.2. The van der Waals surface area contributed by atoms with E-state index in [0.717, 1.165) is 10.9 Å². The third-order valence-corrected chi connectivity index (χ3v) is 5.59. The molecule has 156 valence electrons. The minimum Gasteiger partial charge on any atom is -0.507 e. The molecule has 32 heavy (non-hydrogen) atoms. The molecule has 0 bridgehead atoms. The number of fused-ring (bicyclic) bond motifs is 1. The quantitative estimate of drug-likeness (QED) is 0.285. The third kappa shape index (κ3) is 2.89. The van der Waals surface area contributed by atoms with E-state index in [2.05, 4.69) is 4.98 Å². The number of Topliss-reactive ketones (excluding diaryl/α,β-unsaturated/α-hetero) is 1. The highest BCUT2D eigenvalue weighted by molar-refractivity contribution is 6.51. The number of H-pyrrole nitrogens is 1. The number of amides is 1. The molecule has 1 amide bonds. The first-order chi connectivity index (χ1) is 15.5. The molecular formula is C25H17N3O4. The summed E-state index contributed by atoms with van der Waals surface area (Å²) in [7, 11) is 0. The number of furan rings is 1. The van der Waals surface area contributed by atoms with Crippen molar-refractivity contribution in [1.29, 1.82) is 5.26 Å². The van der Waals surface area contributed by atoms with Gasteiger partial charge in [-0.1, -0.05) is 18.2 Å². The number of anilines is 1. The minimum absolute atomic E-state index is 0.0570. The summed E-state index contributed by atoms with van der Waals surface area (Å²) in [6.07, 6.45) is 1.61. The van der Waals surface area contributed by atoms with E-state index in [1.54, 1.807) is 49.5 Å². The maximum atomic E-state index is 13.2. The van der Waals surface area contributed by atoms with Gasteiger partial charge in [-0.25, -0.2) is 0 Å². The lowest BCUT2D eigenvalue weighted by Crippen LogP contribution is -2.29. The first-order valence-electron chi connectivity index (χ1n) is 9.93. The smallest absolute Gasteiger partial charge is 0.300 e. The standard InChI is InChI=1S/C25H17N3O4/c1-14-6-11-20(32-14)22-21(23(29)18-13-27-19-5-3-2-4-17(18)19)24(30)25(31)28(22)16-9-7-15(12-26)8-10-16/h2-11,13,22,27,29H,1H3/b23-21-. The Labute approximate surface area is 182 Å². The number of ketones is 1. The van der Waals surface area contributed by atoms with Crippen LogP contribution in [0.4, 0.5) is 5.69 Å². The molecule has 1 fully saturated rings. The topological polar surface area (TPSA) is 110 Å². The van der Waals surface area contributed by atoms with Gasteiger partial charge in [0.15, 0.2) is 0 Å². The van der Waals surface area contributed by atoms with Gasteiger partial charge in [0.1, 0.15) is 23.3 Å². The molecule has 0 saturated carbocycles. The number of aromatic nitrogens is 1. The Bertz CT molecular complexity index is 1450. The number of aliphatic hydroxyl groups is 1. The number of rotatable bonds is 3. The normalized spacial score (nSPS) is 17.8. The van der Waals surface area contributed by atoms with Crippen molar-refractivity contribution in [3.05, 3.63) is 95.1 Å². The van der Waals surface area contributed by atoms with Crippen LogP contribution in [-0.2, 0) is 9.59 Å². The van der Waals surface area contributed by atoms with Crippen LogP contribution in [-0.4, -0.2) is 21.8 Å². The van der Waals surface area contributed by atoms with E-state index in [1.165, 1.54) is 4.90 Å². The molecule has 5 rings (SSSR count). The van der Waals surface area contributed by atoms with Crippen LogP contribution in [0.3, 0.4) is 0 Å². The molecule has 0 radical (unpaired) electrons. The number of nitrogens with zero attached hydrogens (tertiary/aromatic N) is 2. The molecule has 1 atom stereocenters. The first kappa shape index (κ1) is 19.4. The Morgan fingerprint density at radius 3 is 2.53 bits per heavy atom. The van der Waals surface area contributed by atoms with Gasteiger partial charge in [0.05, 0.1) is 17.2 Å². The van der Waals surface area contributed by atoms with Gasteiger partial charge in [-0.2, -0.15) is 5.26 Å². The lowest BCUT2D eigenvalue weighted by molar-refractivity contribution is -0.132. The first-order valence-corrected chi connectivity index (χ1v) is 9.93. The molecule has 2 N–H and O–H groups in total. The number of nitriles is 1. The summed E-state index contributed by atoms with van der Waals surface area (Å²) in [5.41, 5.74) is 2.00. The van der Waals surface area contributed by atoms with Gasteiger partial charge in [-0.05, 0) is 49.4 Å². The fourth-order valence-corrected chi connectivity index (χ4v) is 4.08. The van der Waals surface area contributed by atoms with Gasteiger partial charge in [-0.15, -0.1) is 0 Å². The molecule has 1 aliphatic heterocycles. The molecule has 7 nitrogen and oxygen atoms in total. The third-order valence-electron chi connectivity index (χ3n) is 5.59. The molecule has 4 aromatic rings. The van der Waals surface area contributed by atoms with Crippen molar-refractivity contribution in [2.45, 2.75) is 13.0 Å². The number of hydrogen-bond donors (Lipinski definition) is 2. The second-order valence-electron chi connectivity index (χ2n) is 7.52. The van der Waals surface area contributed by atoms with Gasteiger partial charge in [-0.3, -0.25) is 14.5 Å². The number of nitrogens with one attached hydrogen (secondary N) is 1. The van der Waals surface area contributed by atoms with Crippen LogP contribution in [0.5, 0.6) is 0 Å². The largest absolute Gasteiger partial charge is 0.507 e. The van der Waals surface area contributed by atoms with Crippen molar-refractivity contribution in [2.24, 2.45) is 0 Å². The van der Waals surface area contributed by atoms with Crippen molar-refractivity contribution in [1.82, 2.24) is 4.98 Å². The predicted octanol–water partition coefficient (Wildman–Crippen LogP) is 4.57. The molecule has 2 aromatic heterocycles. The van der Waals surface area contributed by atoms with E-state index in [0.29, 0.717) is 28.3 Å². The van der Waals surface area contributed by atoms with Gasteiger partial charge >= 0.3 is 0 Å². The molecule has 1 aliphatic rings. The summed E-state index contributed by atoms with van der Waals surface area (Å²) in [5, 5.41) is 21.1. The van der Waals surface area contributed by atoms with Crippen LogP contribution in [0.1, 0.15) is 28.7 Å². The SMILES string of the molecule is Cc1ccc(C2/C(=C(/O)c3c[nH]c4ccccc34)C(=O)C(=O)N2c2ccc(C#N)cc2)o1. The zero-order valence-electron chi connectivity index (χ0n) is 17.0. The van der Waals surface area contributed by atoms with Gasteiger partial charge in [0.2, 0.25) is 0 Å². The highest BCUT2D eigenvalue weighted by Gasteiger charge is 2.48. The summed E-state index contributed by atoms with van der Waals surface area (Å²) < 4.78 is 5.79. The molecule has 0 spiro atoms. The Balaban J connectivity index is 1.73. The average molecular weight is 423 g/mol. The van der Waals surface area contributed by atoms with Crippen molar-refractivity contribution >= 4 is 34.0 Å².